The summed E-state index contributed by atoms with van der Waals surface area (Å²) in [6.07, 6.45) is 0. The monoisotopic (exact) mass is 154 g/mol. The van der Waals surface area contributed by atoms with E-state index in [-0.39, 0.29) is 11.2 Å². The maximum absolute atomic E-state index is 12.6. The van der Waals surface area contributed by atoms with Gasteiger partial charge in [0.15, 0.2) is 11.6 Å². The normalized spacial score (nSPS) is 9.73. The van der Waals surface area contributed by atoms with Crippen LogP contribution in [-0.4, -0.2) is 15.0 Å². The van der Waals surface area contributed by atoms with E-state index in [1.54, 1.807) is 0 Å². The van der Waals surface area contributed by atoms with Gasteiger partial charge in [-0.3, -0.25) is 0 Å². The van der Waals surface area contributed by atoms with Crippen molar-refractivity contribution in [3.63, 3.8) is 0 Å². The Balaban J connectivity index is 3.25. The molecule has 0 aliphatic carbocycles. The summed E-state index contributed by atoms with van der Waals surface area (Å²) in [6.45, 7) is 0. The first-order valence-electron chi connectivity index (χ1n) is 2.94. The van der Waals surface area contributed by atoms with Gasteiger partial charge in [0.1, 0.15) is 13.6 Å². The Bertz CT molecular complexity index is 275. The third-order valence-corrected chi connectivity index (χ3v) is 1.31. The molecule has 0 aliphatic heterocycles. The average Bonchev–Trinajstić information content (AvgIpc) is 2.01. The summed E-state index contributed by atoms with van der Waals surface area (Å²) in [5.74, 6) is -1.89. The van der Waals surface area contributed by atoms with Gasteiger partial charge in [0.05, 0.1) is 7.11 Å². The van der Waals surface area contributed by atoms with Crippen molar-refractivity contribution >= 4 is 13.3 Å². The fourth-order valence-electron chi connectivity index (χ4n) is 0.727. The maximum atomic E-state index is 12.6. The lowest BCUT2D eigenvalue weighted by atomic mass is 9.94. The Morgan fingerprint density at radius 1 is 1.36 bits per heavy atom. The van der Waals surface area contributed by atoms with Crippen LogP contribution in [0.4, 0.5) is 8.78 Å². The SMILES string of the molecule is [B]c1c(OC)ccc(F)c1F. The van der Waals surface area contributed by atoms with Gasteiger partial charge in [0.2, 0.25) is 0 Å². The van der Waals surface area contributed by atoms with Crippen LogP contribution < -0.4 is 10.2 Å². The van der Waals surface area contributed by atoms with Crippen molar-refractivity contribution in [1.29, 1.82) is 0 Å². The first-order chi connectivity index (χ1) is 5.16. The number of hydrogen-bond acceptors (Lipinski definition) is 1. The quantitative estimate of drug-likeness (QED) is 0.542. The van der Waals surface area contributed by atoms with Gasteiger partial charge < -0.3 is 4.74 Å². The predicted molar refractivity (Wildman–Crippen MR) is 38.3 cm³/mol. The highest BCUT2D eigenvalue weighted by atomic mass is 19.2. The zero-order valence-electron chi connectivity index (χ0n) is 5.90. The number of hydrogen-bond donors (Lipinski definition) is 0. The van der Waals surface area contributed by atoms with Crippen molar-refractivity contribution in [2.45, 2.75) is 0 Å². The highest BCUT2D eigenvalue weighted by molar-refractivity contribution is 6.34. The van der Waals surface area contributed by atoms with E-state index in [0.717, 1.165) is 6.07 Å². The summed E-state index contributed by atoms with van der Waals surface area (Å²) in [5.41, 5.74) is -0.299. The van der Waals surface area contributed by atoms with Crippen molar-refractivity contribution in [3.05, 3.63) is 23.8 Å². The van der Waals surface area contributed by atoms with E-state index in [4.69, 9.17) is 7.85 Å². The van der Waals surface area contributed by atoms with Crippen LogP contribution in [-0.2, 0) is 0 Å². The molecule has 0 spiro atoms. The summed E-state index contributed by atoms with van der Waals surface area (Å²) in [6, 6.07) is 2.23. The molecule has 56 valence electrons. The Hall–Kier alpha value is -1.06. The molecule has 1 nitrogen and oxygen atoms in total. The Morgan fingerprint density at radius 2 is 2.00 bits per heavy atom. The van der Waals surface area contributed by atoms with E-state index < -0.39 is 11.6 Å². The second-order valence-electron chi connectivity index (χ2n) is 1.98. The second kappa shape index (κ2) is 2.90. The first-order valence-corrected chi connectivity index (χ1v) is 2.94. The van der Waals surface area contributed by atoms with Gasteiger partial charge in [-0.2, -0.15) is 0 Å². The van der Waals surface area contributed by atoms with Gasteiger partial charge in [0, 0.05) is 0 Å². The van der Waals surface area contributed by atoms with E-state index in [1.807, 2.05) is 0 Å². The molecule has 0 aromatic heterocycles. The number of rotatable bonds is 1. The van der Waals surface area contributed by atoms with Crippen LogP contribution in [0, 0.1) is 11.6 Å². The van der Waals surface area contributed by atoms with Crippen molar-refractivity contribution in [1.82, 2.24) is 0 Å². The largest absolute Gasteiger partial charge is 0.497 e. The Kier molecular flexibility index (Phi) is 2.12. The molecule has 4 heteroatoms. The molecular formula is C7H5BF2O. The van der Waals surface area contributed by atoms with Crippen LogP contribution in [0.1, 0.15) is 0 Å². The van der Waals surface area contributed by atoms with Crippen LogP contribution in [0.5, 0.6) is 5.75 Å². The fourth-order valence-corrected chi connectivity index (χ4v) is 0.727. The van der Waals surface area contributed by atoms with Crippen molar-refractivity contribution < 1.29 is 13.5 Å². The third-order valence-electron chi connectivity index (χ3n) is 1.31. The summed E-state index contributed by atoms with van der Waals surface area (Å²) in [5, 5.41) is 0. The van der Waals surface area contributed by atoms with E-state index in [2.05, 4.69) is 4.74 Å². The molecule has 11 heavy (non-hydrogen) atoms. The van der Waals surface area contributed by atoms with Crippen LogP contribution >= 0.6 is 0 Å². The van der Waals surface area contributed by atoms with E-state index in [1.165, 1.54) is 13.2 Å². The summed E-state index contributed by atoms with van der Waals surface area (Å²) in [4.78, 5) is 0. The molecule has 0 N–H and O–H groups in total. The van der Waals surface area contributed by atoms with Crippen molar-refractivity contribution in [2.24, 2.45) is 0 Å². The number of halogens is 2. The summed E-state index contributed by atoms with van der Waals surface area (Å²) in [7, 11) is 6.49. The second-order valence-corrected chi connectivity index (χ2v) is 1.98. The first kappa shape index (κ1) is 8.05. The minimum atomic E-state index is -1.07. The van der Waals surface area contributed by atoms with E-state index in [0.29, 0.717) is 0 Å². The minimum Gasteiger partial charge on any atom is -0.497 e. The van der Waals surface area contributed by atoms with Gasteiger partial charge in [-0.1, -0.05) is 0 Å². The van der Waals surface area contributed by atoms with Gasteiger partial charge in [-0.05, 0) is 17.6 Å². The van der Waals surface area contributed by atoms with Crippen LogP contribution in [0.25, 0.3) is 0 Å². The molecule has 1 aromatic rings. The Morgan fingerprint density at radius 3 is 2.55 bits per heavy atom. The Labute approximate surface area is 64.4 Å². The number of methoxy groups -OCH3 is 1. The molecule has 0 amide bonds. The molecule has 1 rings (SSSR count). The lowest BCUT2D eigenvalue weighted by Crippen LogP contribution is -2.13. The predicted octanol–water partition coefficient (Wildman–Crippen LogP) is 0.767. The zero-order chi connectivity index (χ0) is 8.43. The minimum absolute atomic E-state index is 0.143. The van der Waals surface area contributed by atoms with Crippen LogP contribution in [0.3, 0.4) is 0 Å². The molecule has 0 saturated carbocycles. The highest BCUT2D eigenvalue weighted by Gasteiger charge is 2.07. The molecule has 1 aromatic carbocycles. The maximum Gasteiger partial charge on any atom is 0.158 e. The summed E-state index contributed by atoms with van der Waals surface area (Å²) < 4.78 is 29.6. The molecule has 2 radical (unpaired) electrons. The lowest BCUT2D eigenvalue weighted by Gasteiger charge is -2.04. The van der Waals surface area contributed by atoms with E-state index >= 15 is 0 Å². The van der Waals surface area contributed by atoms with Gasteiger partial charge >= 0.3 is 0 Å². The summed E-state index contributed by atoms with van der Waals surface area (Å²) >= 11 is 0. The van der Waals surface area contributed by atoms with Gasteiger partial charge in [-0.25, -0.2) is 8.78 Å². The molecule has 0 aliphatic rings. The van der Waals surface area contributed by atoms with Crippen molar-refractivity contribution in [3.8, 4) is 5.75 Å². The third kappa shape index (κ3) is 1.34. The van der Waals surface area contributed by atoms with E-state index in [9.17, 15) is 8.78 Å². The van der Waals surface area contributed by atoms with Gasteiger partial charge in [0.25, 0.3) is 0 Å². The molecule has 0 heterocycles. The highest BCUT2D eigenvalue weighted by Crippen LogP contribution is 2.10. The fraction of sp³-hybridized carbons (Fsp3) is 0.143. The smallest absolute Gasteiger partial charge is 0.158 e. The molecule has 0 unspecified atom stereocenters. The molecule has 0 saturated heterocycles. The topological polar surface area (TPSA) is 9.23 Å². The molecular weight excluding hydrogens is 149 g/mol. The zero-order valence-corrected chi connectivity index (χ0v) is 5.90. The number of benzene rings is 1. The van der Waals surface area contributed by atoms with Crippen LogP contribution in [0.15, 0.2) is 12.1 Å². The van der Waals surface area contributed by atoms with Gasteiger partial charge in [-0.15, -0.1) is 0 Å². The molecule has 0 atom stereocenters. The molecule has 0 bridgehead atoms. The standard InChI is InChI=1S/C7H5BF2O/c1-11-5-3-2-4(9)7(10)6(5)8/h2-3H,1H3. The lowest BCUT2D eigenvalue weighted by molar-refractivity contribution is 0.412. The molecule has 0 fully saturated rings. The van der Waals surface area contributed by atoms with Crippen LogP contribution in [0.2, 0.25) is 0 Å². The number of ether oxygens (including phenoxy) is 1. The average molecular weight is 154 g/mol. The van der Waals surface area contributed by atoms with Crippen molar-refractivity contribution in [2.75, 3.05) is 7.11 Å².